The monoisotopic (exact) mass is 333 g/mol. The number of benzene rings is 2. The summed E-state index contributed by atoms with van der Waals surface area (Å²) in [5.41, 5.74) is 8.15. The number of hydrogen-bond donors (Lipinski definition) is 2. The third-order valence-electron chi connectivity index (χ3n) is 2.99. The molecule has 0 aliphatic rings. The summed E-state index contributed by atoms with van der Waals surface area (Å²) < 4.78 is 2.22. The second-order valence-corrected chi connectivity index (χ2v) is 7.12. The van der Waals surface area contributed by atoms with Gasteiger partial charge in [0.2, 0.25) is 0 Å². The number of amidine groups is 1. The Morgan fingerprint density at radius 2 is 2.10 bits per heavy atom. The van der Waals surface area contributed by atoms with Crippen LogP contribution < -0.4 is 5.73 Å². The first-order chi connectivity index (χ1) is 10.1. The zero-order valence-corrected chi connectivity index (χ0v) is 13.4. The molecule has 2 aromatic carbocycles. The molecule has 0 saturated heterocycles. The van der Waals surface area contributed by atoms with E-state index in [-0.39, 0.29) is 5.84 Å². The molecule has 0 fully saturated rings. The second-order valence-electron chi connectivity index (χ2n) is 4.46. The van der Waals surface area contributed by atoms with Gasteiger partial charge in [-0.2, -0.15) is 0 Å². The fourth-order valence-corrected chi connectivity index (χ4v) is 4.28. The average Bonchev–Trinajstić information content (AvgIpc) is 2.88. The Morgan fingerprint density at radius 1 is 1.29 bits per heavy atom. The topological polar surface area (TPSA) is 62.8 Å². The first kappa shape index (κ1) is 14.4. The van der Waals surface area contributed by atoms with Crippen molar-refractivity contribution in [1.29, 1.82) is 5.41 Å². The highest BCUT2D eigenvalue weighted by atomic mass is 35.5. The molecule has 1 heterocycles. The molecule has 3 rings (SSSR count). The van der Waals surface area contributed by atoms with E-state index in [1.807, 2.05) is 30.3 Å². The molecule has 0 radical (unpaired) electrons. The molecule has 1 aromatic heterocycles. The second kappa shape index (κ2) is 6.05. The fraction of sp³-hybridized carbons (Fsp3) is 0.0667. The quantitative estimate of drug-likeness (QED) is 0.419. The number of nitrogens with two attached hydrogens (primary N) is 1. The number of para-hydroxylation sites is 1. The average molecular weight is 334 g/mol. The van der Waals surface area contributed by atoms with Crippen molar-refractivity contribution in [1.82, 2.24) is 4.98 Å². The van der Waals surface area contributed by atoms with E-state index < -0.39 is 0 Å². The minimum absolute atomic E-state index is 0.0299. The maximum Gasteiger partial charge on any atom is 0.151 e. The van der Waals surface area contributed by atoms with Crippen LogP contribution in [0.3, 0.4) is 0 Å². The number of hydrogen-bond acceptors (Lipinski definition) is 4. The van der Waals surface area contributed by atoms with Gasteiger partial charge in [0.25, 0.3) is 0 Å². The lowest BCUT2D eigenvalue weighted by atomic mass is 10.1. The maximum absolute atomic E-state index is 7.41. The maximum atomic E-state index is 7.41. The van der Waals surface area contributed by atoms with Crippen molar-refractivity contribution in [3.05, 3.63) is 58.6 Å². The van der Waals surface area contributed by atoms with Crippen LogP contribution in [0.15, 0.2) is 46.8 Å². The summed E-state index contributed by atoms with van der Waals surface area (Å²) in [6.45, 7) is 0. The number of fused-ring (bicyclic) bond motifs is 1. The third kappa shape index (κ3) is 3.20. The molecule has 0 aliphatic heterocycles. The van der Waals surface area contributed by atoms with Crippen molar-refractivity contribution in [3.8, 4) is 0 Å². The summed E-state index contributed by atoms with van der Waals surface area (Å²) in [5.74, 6) is 0.777. The van der Waals surface area contributed by atoms with Gasteiger partial charge in [-0.05, 0) is 23.8 Å². The number of aromatic nitrogens is 1. The molecule has 0 aliphatic carbocycles. The summed E-state index contributed by atoms with van der Waals surface area (Å²) in [4.78, 5) is 4.59. The van der Waals surface area contributed by atoms with E-state index in [9.17, 15) is 0 Å². The van der Waals surface area contributed by atoms with E-state index >= 15 is 0 Å². The Morgan fingerprint density at radius 3 is 2.81 bits per heavy atom. The van der Waals surface area contributed by atoms with Crippen LogP contribution in [0, 0.1) is 5.41 Å². The summed E-state index contributed by atoms with van der Waals surface area (Å²) in [5, 5.41) is 8.04. The molecule has 0 amide bonds. The molecule has 0 unspecified atom stereocenters. The molecule has 3 nitrogen and oxygen atoms in total. The number of halogens is 1. The van der Waals surface area contributed by atoms with Gasteiger partial charge in [0.05, 0.1) is 10.2 Å². The van der Waals surface area contributed by atoms with Gasteiger partial charge in [-0.3, -0.25) is 5.41 Å². The van der Waals surface area contributed by atoms with Gasteiger partial charge in [-0.1, -0.05) is 47.6 Å². The Bertz CT molecular complexity index is 781. The normalized spacial score (nSPS) is 10.9. The summed E-state index contributed by atoms with van der Waals surface area (Å²) in [7, 11) is 0. The molecule has 3 aromatic rings. The summed E-state index contributed by atoms with van der Waals surface area (Å²) >= 11 is 9.59. The van der Waals surface area contributed by atoms with Crippen molar-refractivity contribution in [2.45, 2.75) is 10.1 Å². The van der Waals surface area contributed by atoms with Crippen molar-refractivity contribution < 1.29 is 0 Å². The number of thioether (sulfide) groups is 1. The lowest BCUT2D eigenvalue weighted by Crippen LogP contribution is -2.10. The van der Waals surface area contributed by atoms with Crippen molar-refractivity contribution >= 4 is 50.8 Å². The smallest absolute Gasteiger partial charge is 0.151 e. The molecular weight excluding hydrogens is 322 g/mol. The van der Waals surface area contributed by atoms with Crippen LogP contribution in [0.5, 0.6) is 0 Å². The van der Waals surface area contributed by atoms with E-state index in [1.165, 1.54) is 4.70 Å². The van der Waals surface area contributed by atoms with Crippen LogP contribution >= 0.6 is 34.7 Å². The van der Waals surface area contributed by atoms with Crippen molar-refractivity contribution in [2.24, 2.45) is 5.73 Å². The molecule has 0 saturated carbocycles. The molecular formula is C15H12ClN3S2. The van der Waals surface area contributed by atoms with Gasteiger partial charge < -0.3 is 5.73 Å². The zero-order valence-electron chi connectivity index (χ0n) is 11.0. The predicted molar refractivity (Wildman–Crippen MR) is 91.6 cm³/mol. The highest BCUT2D eigenvalue weighted by Crippen LogP contribution is 2.33. The molecule has 106 valence electrons. The Labute approximate surface area is 135 Å². The van der Waals surface area contributed by atoms with Gasteiger partial charge in [-0.15, -0.1) is 11.3 Å². The van der Waals surface area contributed by atoms with Crippen LogP contribution in [0.25, 0.3) is 10.2 Å². The number of thiazole rings is 1. The van der Waals surface area contributed by atoms with E-state index in [2.05, 4.69) is 11.1 Å². The molecule has 6 heteroatoms. The third-order valence-corrected chi connectivity index (χ3v) is 5.57. The highest BCUT2D eigenvalue weighted by molar-refractivity contribution is 8.00. The van der Waals surface area contributed by atoms with Crippen LogP contribution in [-0.4, -0.2) is 10.8 Å². The van der Waals surface area contributed by atoms with Crippen LogP contribution in [0.1, 0.15) is 11.1 Å². The van der Waals surface area contributed by atoms with E-state index in [0.29, 0.717) is 10.6 Å². The molecule has 0 spiro atoms. The SMILES string of the molecule is N=C(N)c1ccc(CSc2nc3ccccc3s2)c(Cl)c1. The van der Waals surface area contributed by atoms with Crippen LogP contribution in [-0.2, 0) is 5.75 Å². The van der Waals surface area contributed by atoms with E-state index in [4.69, 9.17) is 22.7 Å². The van der Waals surface area contributed by atoms with Crippen LogP contribution in [0.4, 0.5) is 0 Å². The molecule has 3 N–H and O–H groups in total. The van der Waals surface area contributed by atoms with Gasteiger partial charge in [0.15, 0.2) is 4.34 Å². The fourth-order valence-electron chi connectivity index (χ4n) is 1.88. The predicted octanol–water partition coefficient (Wildman–Crippen LogP) is 4.53. The van der Waals surface area contributed by atoms with Crippen molar-refractivity contribution in [3.63, 3.8) is 0 Å². The summed E-state index contributed by atoms with van der Waals surface area (Å²) in [6.07, 6.45) is 0. The number of rotatable bonds is 4. The van der Waals surface area contributed by atoms with Gasteiger partial charge in [0, 0.05) is 16.3 Å². The van der Waals surface area contributed by atoms with Gasteiger partial charge in [0.1, 0.15) is 5.84 Å². The van der Waals surface area contributed by atoms with Crippen molar-refractivity contribution in [2.75, 3.05) is 0 Å². The van der Waals surface area contributed by atoms with E-state index in [1.54, 1.807) is 29.2 Å². The zero-order chi connectivity index (χ0) is 14.8. The standard InChI is InChI=1S/C15H12ClN3S2/c16-11-7-9(14(17)18)5-6-10(11)8-20-15-19-12-3-1-2-4-13(12)21-15/h1-7H,8H2,(H3,17,18). The molecule has 0 bridgehead atoms. The molecule has 0 atom stereocenters. The minimum atomic E-state index is 0.0299. The lowest BCUT2D eigenvalue weighted by Gasteiger charge is -2.05. The minimum Gasteiger partial charge on any atom is -0.384 e. The largest absolute Gasteiger partial charge is 0.384 e. The van der Waals surface area contributed by atoms with Gasteiger partial charge in [-0.25, -0.2) is 4.98 Å². The number of nitrogens with one attached hydrogen (secondary N) is 1. The first-order valence-electron chi connectivity index (χ1n) is 6.24. The number of nitrogens with zero attached hydrogens (tertiary/aromatic N) is 1. The Hall–Kier alpha value is -1.56. The molecule has 21 heavy (non-hydrogen) atoms. The highest BCUT2D eigenvalue weighted by Gasteiger charge is 2.07. The van der Waals surface area contributed by atoms with Gasteiger partial charge >= 0.3 is 0 Å². The lowest BCUT2D eigenvalue weighted by molar-refractivity contribution is 1.29. The summed E-state index contributed by atoms with van der Waals surface area (Å²) in [6, 6.07) is 13.6. The van der Waals surface area contributed by atoms with E-state index in [0.717, 1.165) is 21.2 Å². The first-order valence-corrected chi connectivity index (χ1v) is 8.42. The Balaban J connectivity index is 1.76. The number of nitrogen functional groups attached to an aromatic ring is 1. The van der Waals surface area contributed by atoms with Crippen LogP contribution in [0.2, 0.25) is 5.02 Å². The Kier molecular flexibility index (Phi) is 4.14.